The van der Waals surface area contributed by atoms with Crippen molar-refractivity contribution in [1.29, 1.82) is 0 Å². The summed E-state index contributed by atoms with van der Waals surface area (Å²) in [6, 6.07) is 9.84. The van der Waals surface area contributed by atoms with Crippen LogP contribution in [0.25, 0.3) is 0 Å². The molecule has 3 amide bonds. The number of benzene rings is 1. The summed E-state index contributed by atoms with van der Waals surface area (Å²) in [5, 5.41) is 5.01. The van der Waals surface area contributed by atoms with Crippen LogP contribution >= 0.6 is 0 Å². The van der Waals surface area contributed by atoms with E-state index in [9.17, 15) is 14.4 Å². The molecule has 1 heterocycles. The standard InChI is InChI=1S/C16H17N3O4/c1-10(18-16(22)12-8-5-9-23-12)15(21)19-13(14(17)20)11-6-3-2-4-7-11/h2-10,13H,1H3,(H2,17,20)(H,18,22)(H,19,21). The number of nitrogens with one attached hydrogen (secondary N) is 2. The molecule has 1 aromatic carbocycles. The molecule has 0 aliphatic rings. The minimum atomic E-state index is -0.966. The van der Waals surface area contributed by atoms with E-state index in [0.717, 1.165) is 0 Å². The summed E-state index contributed by atoms with van der Waals surface area (Å²) in [4.78, 5) is 35.6. The number of amides is 3. The van der Waals surface area contributed by atoms with Crippen LogP contribution in [0.2, 0.25) is 0 Å². The average Bonchev–Trinajstić information content (AvgIpc) is 3.07. The molecule has 0 radical (unpaired) electrons. The summed E-state index contributed by atoms with van der Waals surface area (Å²) in [6.07, 6.45) is 1.36. The number of nitrogens with two attached hydrogens (primary N) is 1. The van der Waals surface area contributed by atoms with E-state index in [0.29, 0.717) is 5.56 Å². The van der Waals surface area contributed by atoms with Gasteiger partial charge in [0.05, 0.1) is 6.26 Å². The monoisotopic (exact) mass is 315 g/mol. The third kappa shape index (κ3) is 4.19. The minimum Gasteiger partial charge on any atom is -0.459 e. The van der Waals surface area contributed by atoms with Gasteiger partial charge in [-0.25, -0.2) is 0 Å². The van der Waals surface area contributed by atoms with Crippen molar-refractivity contribution >= 4 is 17.7 Å². The van der Waals surface area contributed by atoms with Crippen molar-refractivity contribution in [2.24, 2.45) is 5.73 Å². The molecular formula is C16H17N3O4. The predicted molar refractivity (Wildman–Crippen MR) is 82.2 cm³/mol. The SMILES string of the molecule is CC(NC(=O)c1ccco1)C(=O)NC(C(N)=O)c1ccccc1. The van der Waals surface area contributed by atoms with Gasteiger partial charge in [0.2, 0.25) is 11.8 Å². The van der Waals surface area contributed by atoms with Gasteiger partial charge in [-0.2, -0.15) is 0 Å². The van der Waals surface area contributed by atoms with Crippen LogP contribution < -0.4 is 16.4 Å². The molecule has 2 aromatic rings. The predicted octanol–water partition coefficient (Wildman–Crippen LogP) is 0.741. The van der Waals surface area contributed by atoms with Gasteiger partial charge in [0.25, 0.3) is 5.91 Å². The van der Waals surface area contributed by atoms with Crippen LogP contribution in [0.4, 0.5) is 0 Å². The normalized spacial score (nSPS) is 12.9. The van der Waals surface area contributed by atoms with Crippen LogP contribution in [-0.2, 0) is 9.59 Å². The first-order valence-electron chi connectivity index (χ1n) is 6.98. The molecular weight excluding hydrogens is 298 g/mol. The summed E-state index contributed by atoms with van der Waals surface area (Å²) in [5.41, 5.74) is 5.91. The molecule has 0 saturated heterocycles. The van der Waals surface area contributed by atoms with Gasteiger partial charge in [-0.15, -0.1) is 0 Å². The Morgan fingerprint density at radius 3 is 2.30 bits per heavy atom. The van der Waals surface area contributed by atoms with Gasteiger partial charge in [0.15, 0.2) is 5.76 Å². The fourth-order valence-electron chi connectivity index (χ4n) is 1.97. The lowest BCUT2D eigenvalue weighted by Gasteiger charge is -2.19. The Labute approximate surface area is 132 Å². The van der Waals surface area contributed by atoms with Crippen LogP contribution in [0.1, 0.15) is 29.1 Å². The molecule has 7 nitrogen and oxygen atoms in total. The van der Waals surface area contributed by atoms with E-state index in [1.54, 1.807) is 36.4 Å². The fraction of sp³-hybridized carbons (Fsp3) is 0.188. The molecule has 120 valence electrons. The summed E-state index contributed by atoms with van der Waals surface area (Å²) < 4.78 is 4.95. The van der Waals surface area contributed by atoms with Gasteiger partial charge in [-0.05, 0) is 24.6 Å². The van der Waals surface area contributed by atoms with Crippen LogP contribution in [0.15, 0.2) is 53.1 Å². The van der Waals surface area contributed by atoms with E-state index in [2.05, 4.69) is 10.6 Å². The minimum absolute atomic E-state index is 0.0964. The zero-order chi connectivity index (χ0) is 16.8. The summed E-state index contributed by atoms with van der Waals surface area (Å²) in [7, 11) is 0. The smallest absolute Gasteiger partial charge is 0.287 e. The molecule has 0 saturated carbocycles. The summed E-state index contributed by atoms with van der Waals surface area (Å²) in [6.45, 7) is 1.50. The van der Waals surface area contributed by atoms with Crippen molar-refractivity contribution in [1.82, 2.24) is 10.6 Å². The quantitative estimate of drug-likeness (QED) is 0.729. The number of rotatable bonds is 6. The van der Waals surface area contributed by atoms with E-state index in [4.69, 9.17) is 10.2 Å². The van der Waals surface area contributed by atoms with E-state index >= 15 is 0 Å². The zero-order valence-electron chi connectivity index (χ0n) is 12.5. The Morgan fingerprint density at radius 1 is 1.04 bits per heavy atom. The molecule has 2 rings (SSSR count). The highest BCUT2D eigenvalue weighted by molar-refractivity contribution is 5.96. The van der Waals surface area contributed by atoms with Gasteiger partial charge in [-0.3, -0.25) is 14.4 Å². The van der Waals surface area contributed by atoms with Crippen LogP contribution in [0.5, 0.6) is 0 Å². The van der Waals surface area contributed by atoms with Gasteiger partial charge in [0, 0.05) is 0 Å². The fourth-order valence-corrected chi connectivity index (χ4v) is 1.97. The second kappa shape index (κ2) is 7.26. The highest BCUT2D eigenvalue weighted by Gasteiger charge is 2.24. The molecule has 23 heavy (non-hydrogen) atoms. The first-order chi connectivity index (χ1) is 11.0. The van der Waals surface area contributed by atoms with Crippen LogP contribution in [-0.4, -0.2) is 23.8 Å². The lowest BCUT2D eigenvalue weighted by atomic mass is 10.1. The second-order valence-corrected chi connectivity index (χ2v) is 4.93. The Kier molecular flexibility index (Phi) is 5.14. The lowest BCUT2D eigenvalue weighted by Crippen LogP contribution is -2.48. The number of carbonyl (C=O) groups is 3. The largest absolute Gasteiger partial charge is 0.459 e. The molecule has 0 bridgehead atoms. The van der Waals surface area contributed by atoms with Gasteiger partial charge < -0.3 is 20.8 Å². The first kappa shape index (κ1) is 16.3. The average molecular weight is 315 g/mol. The molecule has 1 aromatic heterocycles. The highest BCUT2D eigenvalue weighted by Crippen LogP contribution is 2.12. The van der Waals surface area contributed by atoms with E-state index in [-0.39, 0.29) is 5.76 Å². The van der Waals surface area contributed by atoms with Crippen molar-refractivity contribution in [2.45, 2.75) is 19.0 Å². The molecule has 4 N–H and O–H groups in total. The molecule has 0 aliphatic carbocycles. The van der Waals surface area contributed by atoms with Crippen molar-refractivity contribution in [3.8, 4) is 0 Å². The maximum absolute atomic E-state index is 12.2. The van der Waals surface area contributed by atoms with Gasteiger partial charge in [-0.1, -0.05) is 30.3 Å². The van der Waals surface area contributed by atoms with E-state index in [1.165, 1.54) is 19.3 Å². The number of hydrogen-bond donors (Lipinski definition) is 3. The maximum Gasteiger partial charge on any atom is 0.287 e. The van der Waals surface area contributed by atoms with Crippen LogP contribution in [0, 0.1) is 0 Å². The first-order valence-corrected chi connectivity index (χ1v) is 6.98. The van der Waals surface area contributed by atoms with E-state index < -0.39 is 29.8 Å². The third-order valence-electron chi connectivity index (χ3n) is 3.19. The van der Waals surface area contributed by atoms with Gasteiger partial charge >= 0.3 is 0 Å². The van der Waals surface area contributed by atoms with Crippen LogP contribution in [0.3, 0.4) is 0 Å². The summed E-state index contributed by atoms with van der Waals surface area (Å²) >= 11 is 0. The summed E-state index contributed by atoms with van der Waals surface area (Å²) in [5.74, 6) is -1.64. The Morgan fingerprint density at radius 2 is 1.74 bits per heavy atom. The highest BCUT2D eigenvalue weighted by atomic mass is 16.3. The Balaban J connectivity index is 2.01. The van der Waals surface area contributed by atoms with Crippen molar-refractivity contribution in [2.75, 3.05) is 0 Å². The zero-order valence-corrected chi connectivity index (χ0v) is 12.5. The van der Waals surface area contributed by atoms with E-state index in [1.807, 2.05) is 0 Å². The van der Waals surface area contributed by atoms with Gasteiger partial charge in [0.1, 0.15) is 12.1 Å². The Hall–Kier alpha value is -3.09. The molecule has 0 spiro atoms. The number of hydrogen-bond acceptors (Lipinski definition) is 4. The molecule has 2 atom stereocenters. The molecule has 0 fully saturated rings. The number of carbonyl (C=O) groups excluding carboxylic acids is 3. The van der Waals surface area contributed by atoms with Crippen molar-refractivity contribution in [3.63, 3.8) is 0 Å². The van der Waals surface area contributed by atoms with Crippen molar-refractivity contribution < 1.29 is 18.8 Å². The van der Waals surface area contributed by atoms with Crippen molar-refractivity contribution in [3.05, 3.63) is 60.1 Å². The Bertz CT molecular complexity index is 683. The third-order valence-corrected chi connectivity index (χ3v) is 3.19. The molecule has 0 aliphatic heterocycles. The molecule has 2 unspecified atom stereocenters. The maximum atomic E-state index is 12.2. The number of primary amides is 1. The second-order valence-electron chi connectivity index (χ2n) is 4.93. The molecule has 7 heteroatoms. The topological polar surface area (TPSA) is 114 Å². The number of furan rings is 1. The lowest BCUT2D eigenvalue weighted by molar-refractivity contribution is -0.128.